The van der Waals surface area contributed by atoms with Crippen molar-refractivity contribution in [1.29, 1.82) is 0 Å². The molecule has 9 nitrogen and oxygen atoms in total. The van der Waals surface area contributed by atoms with E-state index in [1.807, 2.05) is 0 Å². The summed E-state index contributed by atoms with van der Waals surface area (Å²) in [6.07, 6.45) is 1.90. The van der Waals surface area contributed by atoms with Crippen LogP contribution in [-0.4, -0.2) is 84.4 Å². The van der Waals surface area contributed by atoms with Crippen molar-refractivity contribution in [2.75, 3.05) is 55.7 Å². The van der Waals surface area contributed by atoms with Crippen LogP contribution in [0.4, 0.5) is 0 Å². The summed E-state index contributed by atoms with van der Waals surface area (Å²) in [6, 6.07) is 1.60. The molecule has 0 aliphatic rings. The van der Waals surface area contributed by atoms with Gasteiger partial charge in [0, 0.05) is 60.3 Å². The van der Waals surface area contributed by atoms with Gasteiger partial charge in [0.25, 0.3) is 0 Å². The van der Waals surface area contributed by atoms with Gasteiger partial charge in [0.15, 0.2) is 0 Å². The number of hydrogen-bond donors (Lipinski definition) is 2. The molecule has 0 bridgehead atoms. The first-order chi connectivity index (χ1) is 12.7. The maximum Gasteiger partial charge on any atom is 0.500 e. The van der Waals surface area contributed by atoms with Crippen LogP contribution >= 0.6 is 0 Å². The third-order valence-corrected chi connectivity index (χ3v) is 9.57. The van der Waals surface area contributed by atoms with Gasteiger partial charge in [-0.05, 0) is 32.9 Å². The molecule has 0 amide bonds. The lowest BCUT2D eigenvalue weighted by Gasteiger charge is -2.25. The monoisotopic (exact) mass is 427 g/mol. The van der Waals surface area contributed by atoms with Gasteiger partial charge in [0.2, 0.25) is 0 Å². The molecule has 0 saturated carbocycles. The molecular weight excluding hydrogens is 390 g/mol. The topological polar surface area (TPSA) is 105 Å². The van der Waals surface area contributed by atoms with E-state index in [2.05, 4.69) is 11.9 Å². The summed E-state index contributed by atoms with van der Waals surface area (Å²) in [6.45, 7) is 6.39. The van der Waals surface area contributed by atoms with Gasteiger partial charge in [0.1, 0.15) is 0 Å². The molecule has 27 heavy (non-hydrogen) atoms. The second-order valence-corrected chi connectivity index (χ2v) is 11.8. The van der Waals surface area contributed by atoms with E-state index in [1.54, 1.807) is 42.7 Å². The Kier molecular flexibility index (Phi) is 17.3. The Hall–Kier alpha value is -0.636. The SMILES string of the molecule is C=C(C)C(=O)O.CO[Si](CCCNCCC[Si](OC)(OC)OC)(OC)OC. The van der Waals surface area contributed by atoms with Crippen molar-refractivity contribution in [3.63, 3.8) is 0 Å². The summed E-state index contributed by atoms with van der Waals surface area (Å²) < 4.78 is 32.2. The molecule has 0 aliphatic heterocycles. The largest absolute Gasteiger partial charge is 0.500 e. The van der Waals surface area contributed by atoms with E-state index in [-0.39, 0.29) is 5.57 Å². The molecule has 0 saturated heterocycles. The summed E-state index contributed by atoms with van der Waals surface area (Å²) >= 11 is 0. The van der Waals surface area contributed by atoms with E-state index in [4.69, 9.17) is 31.7 Å². The molecule has 0 aromatic heterocycles. The Morgan fingerprint density at radius 2 is 1.07 bits per heavy atom. The highest BCUT2D eigenvalue weighted by atomic mass is 28.4. The molecular formula is C16H37NO8Si2. The quantitative estimate of drug-likeness (QED) is 0.230. The van der Waals surface area contributed by atoms with Crippen LogP contribution in [-0.2, 0) is 31.4 Å². The van der Waals surface area contributed by atoms with Gasteiger partial charge >= 0.3 is 23.6 Å². The van der Waals surface area contributed by atoms with Crippen molar-refractivity contribution in [2.45, 2.75) is 31.9 Å². The van der Waals surface area contributed by atoms with Crippen molar-refractivity contribution in [1.82, 2.24) is 5.32 Å². The van der Waals surface area contributed by atoms with Crippen molar-refractivity contribution in [3.05, 3.63) is 12.2 Å². The molecule has 2 N–H and O–H groups in total. The maximum atomic E-state index is 9.60. The average Bonchev–Trinajstić information content (AvgIpc) is 2.68. The fraction of sp³-hybridized carbons (Fsp3) is 0.812. The van der Waals surface area contributed by atoms with E-state index in [1.165, 1.54) is 6.92 Å². The van der Waals surface area contributed by atoms with Crippen LogP contribution in [0, 0.1) is 0 Å². The van der Waals surface area contributed by atoms with Crippen LogP contribution in [0.1, 0.15) is 19.8 Å². The first-order valence-electron chi connectivity index (χ1n) is 8.62. The molecule has 0 fully saturated rings. The molecule has 0 heterocycles. The summed E-state index contributed by atoms with van der Waals surface area (Å²) in [5.74, 6) is -0.935. The molecule has 0 aliphatic carbocycles. The zero-order valence-corrected chi connectivity index (χ0v) is 19.8. The van der Waals surface area contributed by atoms with Crippen molar-refractivity contribution < 1.29 is 36.5 Å². The highest BCUT2D eigenvalue weighted by Crippen LogP contribution is 2.15. The summed E-state index contributed by atoms with van der Waals surface area (Å²) in [5.41, 5.74) is 0.176. The van der Waals surface area contributed by atoms with E-state index >= 15 is 0 Å². The molecule has 0 radical (unpaired) electrons. The Morgan fingerprint density at radius 1 is 0.815 bits per heavy atom. The van der Waals surface area contributed by atoms with Gasteiger partial charge in [-0.1, -0.05) is 6.58 Å². The Labute approximate surface area is 165 Å². The predicted octanol–water partition coefficient (Wildman–Crippen LogP) is 1.76. The molecule has 0 rings (SSSR count). The molecule has 0 aromatic carbocycles. The third kappa shape index (κ3) is 12.4. The zero-order valence-electron chi connectivity index (χ0n) is 17.8. The van der Waals surface area contributed by atoms with Crippen LogP contribution < -0.4 is 5.32 Å². The normalized spacial score (nSPS) is 11.7. The number of carbonyl (C=O) groups is 1. The number of aliphatic carboxylic acids is 1. The van der Waals surface area contributed by atoms with Crippen LogP contribution in [0.5, 0.6) is 0 Å². The second-order valence-electron chi connectivity index (χ2n) is 5.63. The number of carboxylic acid groups (broad SMARTS) is 1. The van der Waals surface area contributed by atoms with Gasteiger partial charge in [-0.2, -0.15) is 0 Å². The minimum atomic E-state index is -2.43. The van der Waals surface area contributed by atoms with Crippen LogP contribution in [0.3, 0.4) is 0 Å². The van der Waals surface area contributed by atoms with E-state index in [0.717, 1.165) is 38.0 Å². The first-order valence-corrected chi connectivity index (χ1v) is 12.5. The van der Waals surface area contributed by atoms with Crippen molar-refractivity contribution >= 4 is 23.6 Å². The number of hydrogen-bond acceptors (Lipinski definition) is 8. The second kappa shape index (κ2) is 16.3. The Bertz CT molecular complexity index is 351. The average molecular weight is 428 g/mol. The smallest absolute Gasteiger partial charge is 0.478 e. The Morgan fingerprint density at radius 3 is 1.26 bits per heavy atom. The Balaban J connectivity index is 0. The number of rotatable bonds is 15. The van der Waals surface area contributed by atoms with Crippen LogP contribution in [0.2, 0.25) is 12.1 Å². The van der Waals surface area contributed by atoms with E-state index < -0.39 is 23.6 Å². The highest BCUT2D eigenvalue weighted by molar-refractivity contribution is 6.60. The van der Waals surface area contributed by atoms with Gasteiger partial charge in [-0.15, -0.1) is 0 Å². The fourth-order valence-corrected chi connectivity index (χ4v) is 5.54. The van der Waals surface area contributed by atoms with Gasteiger partial charge in [0.05, 0.1) is 0 Å². The minimum Gasteiger partial charge on any atom is -0.478 e. The summed E-state index contributed by atoms with van der Waals surface area (Å²) in [4.78, 5) is 9.60. The molecule has 0 atom stereocenters. The lowest BCUT2D eigenvalue weighted by atomic mass is 10.4. The molecule has 11 heteroatoms. The standard InChI is InChI=1S/C12H31NO6Si2.C4H6O2/c1-14-20(15-2,16-3)11-7-9-13-10-8-12-21(17-4,18-5)19-6;1-3(2)4(5)6/h13H,7-12H2,1-6H3;1H2,2H3,(H,5,6). The van der Waals surface area contributed by atoms with Gasteiger partial charge < -0.3 is 37.0 Å². The van der Waals surface area contributed by atoms with E-state index in [0.29, 0.717) is 0 Å². The zero-order chi connectivity index (χ0) is 21.3. The maximum absolute atomic E-state index is 9.60. The van der Waals surface area contributed by atoms with Gasteiger partial charge in [-0.3, -0.25) is 0 Å². The minimum absolute atomic E-state index is 0.176. The number of carboxylic acids is 1. The van der Waals surface area contributed by atoms with Crippen molar-refractivity contribution in [3.8, 4) is 0 Å². The van der Waals surface area contributed by atoms with Crippen LogP contribution in [0.15, 0.2) is 12.2 Å². The van der Waals surface area contributed by atoms with Crippen molar-refractivity contribution in [2.24, 2.45) is 0 Å². The predicted molar refractivity (Wildman–Crippen MR) is 108 cm³/mol. The lowest BCUT2D eigenvalue weighted by Crippen LogP contribution is -2.43. The lowest BCUT2D eigenvalue weighted by molar-refractivity contribution is -0.132. The third-order valence-electron chi connectivity index (χ3n) is 3.90. The summed E-state index contributed by atoms with van der Waals surface area (Å²) in [5, 5.41) is 11.3. The van der Waals surface area contributed by atoms with E-state index in [9.17, 15) is 4.79 Å². The van der Waals surface area contributed by atoms with Gasteiger partial charge in [-0.25, -0.2) is 4.79 Å². The molecule has 0 unspecified atom stereocenters. The summed E-state index contributed by atoms with van der Waals surface area (Å²) in [7, 11) is 4.96. The molecule has 162 valence electrons. The fourth-order valence-electron chi connectivity index (χ4n) is 2.10. The first kappa shape index (κ1) is 28.6. The highest BCUT2D eigenvalue weighted by Gasteiger charge is 2.37. The molecule has 0 aromatic rings. The number of nitrogens with one attached hydrogen (secondary N) is 1. The molecule has 0 spiro atoms. The van der Waals surface area contributed by atoms with Crippen LogP contribution in [0.25, 0.3) is 0 Å².